The van der Waals surface area contributed by atoms with E-state index < -0.39 is 0 Å². The molecule has 0 bridgehead atoms. The summed E-state index contributed by atoms with van der Waals surface area (Å²) in [6.07, 6.45) is 0. The Labute approximate surface area is 90.2 Å². The number of hydrogen-bond donors (Lipinski definition) is 0. The van der Waals surface area contributed by atoms with Crippen molar-refractivity contribution in [1.29, 1.82) is 0 Å². The van der Waals surface area contributed by atoms with E-state index >= 15 is 0 Å². The van der Waals surface area contributed by atoms with Gasteiger partial charge in [0.25, 0.3) is 0 Å². The Balaban J connectivity index is 2.43. The molecule has 0 aliphatic heterocycles. The number of nitrogens with zero attached hydrogens (tertiary/aromatic N) is 1. The van der Waals surface area contributed by atoms with Crippen LogP contribution in [0.25, 0.3) is 11.1 Å². The summed E-state index contributed by atoms with van der Waals surface area (Å²) < 4.78 is 10.8. The van der Waals surface area contributed by atoms with Crippen LogP contribution in [0, 0.1) is 0 Å². The first-order chi connectivity index (χ1) is 6.83. The number of halogens is 1. The molecular formula is C10H10BrNO2. The van der Waals surface area contributed by atoms with Crippen LogP contribution in [0.3, 0.4) is 0 Å². The Morgan fingerprint density at radius 1 is 1.50 bits per heavy atom. The number of aromatic nitrogens is 1. The van der Waals surface area contributed by atoms with Crippen LogP contribution < -0.4 is 4.74 Å². The van der Waals surface area contributed by atoms with Crippen LogP contribution in [0.5, 0.6) is 5.75 Å². The van der Waals surface area contributed by atoms with Crippen molar-refractivity contribution in [3.05, 3.63) is 24.1 Å². The first kappa shape index (κ1) is 9.52. The minimum atomic E-state index is 0.631. The summed E-state index contributed by atoms with van der Waals surface area (Å²) in [4.78, 5) is 4.28. The highest BCUT2D eigenvalue weighted by atomic mass is 79.9. The molecule has 0 saturated carbocycles. The molecule has 0 atom stereocenters. The fourth-order valence-corrected chi connectivity index (χ4v) is 1.51. The standard InChI is InChI=1S/C10H10BrNO2/c1-2-13-7-3-4-9-8(5-7)12-10(6-11)14-9/h3-5H,2,6H2,1H3. The molecule has 2 aromatic rings. The van der Waals surface area contributed by atoms with Gasteiger partial charge in [-0.25, -0.2) is 4.98 Å². The molecule has 14 heavy (non-hydrogen) atoms. The van der Waals surface area contributed by atoms with Gasteiger partial charge in [0.1, 0.15) is 11.3 Å². The molecule has 2 rings (SSSR count). The quantitative estimate of drug-likeness (QED) is 0.791. The largest absolute Gasteiger partial charge is 0.494 e. The van der Waals surface area contributed by atoms with Crippen LogP contribution in [0.4, 0.5) is 0 Å². The monoisotopic (exact) mass is 255 g/mol. The van der Waals surface area contributed by atoms with E-state index in [1.165, 1.54) is 0 Å². The lowest BCUT2D eigenvalue weighted by atomic mass is 10.3. The minimum Gasteiger partial charge on any atom is -0.494 e. The van der Waals surface area contributed by atoms with Crippen LogP contribution in [0.15, 0.2) is 22.6 Å². The maximum atomic E-state index is 5.44. The van der Waals surface area contributed by atoms with Crippen molar-refractivity contribution < 1.29 is 9.15 Å². The number of rotatable bonds is 3. The lowest BCUT2D eigenvalue weighted by Crippen LogP contribution is -1.90. The second-order valence-electron chi connectivity index (χ2n) is 2.80. The molecule has 3 nitrogen and oxygen atoms in total. The van der Waals surface area contributed by atoms with Crippen LogP contribution in [0.1, 0.15) is 12.8 Å². The summed E-state index contributed by atoms with van der Waals surface area (Å²) in [6.45, 7) is 2.62. The summed E-state index contributed by atoms with van der Waals surface area (Å²) in [5.41, 5.74) is 1.63. The molecular weight excluding hydrogens is 246 g/mol. The van der Waals surface area contributed by atoms with Crippen LogP contribution in [-0.4, -0.2) is 11.6 Å². The van der Waals surface area contributed by atoms with Gasteiger partial charge < -0.3 is 9.15 Å². The van der Waals surface area contributed by atoms with Crippen molar-refractivity contribution in [3.63, 3.8) is 0 Å². The van der Waals surface area contributed by atoms with Crippen molar-refractivity contribution in [2.24, 2.45) is 0 Å². The molecule has 0 amide bonds. The van der Waals surface area contributed by atoms with E-state index in [1.807, 2.05) is 25.1 Å². The normalized spacial score (nSPS) is 10.7. The van der Waals surface area contributed by atoms with Crippen LogP contribution >= 0.6 is 15.9 Å². The van der Waals surface area contributed by atoms with Crippen molar-refractivity contribution >= 4 is 27.0 Å². The number of benzene rings is 1. The molecule has 0 unspecified atom stereocenters. The van der Waals surface area contributed by atoms with Gasteiger partial charge in [-0.2, -0.15) is 0 Å². The van der Waals surface area contributed by atoms with Gasteiger partial charge in [-0.05, 0) is 19.1 Å². The molecule has 0 fully saturated rings. The van der Waals surface area contributed by atoms with E-state index in [9.17, 15) is 0 Å². The number of fused-ring (bicyclic) bond motifs is 1. The van der Waals surface area contributed by atoms with Gasteiger partial charge in [0, 0.05) is 6.07 Å². The Morgan fingerprint density at radius 2 is 2.36 bits per heavy atom. The molecule has 0 aliphatic carbocycles. The minimum absolute atomic E-state index is 0.631. The maximum Gasteiger partial charge on any atom is 0.206 e. The average Bonchev–Trinajstić information content (AvgIpc) is 2.60. The summed E-state index contributed by atoms with van der Waals surface area (Å²) in [6, 6.07) is 5.64. The highest BCUT2D eigenvalue weighted by molar-refractivity contribution is 9.08. The van der Waals surface area contributed by atoms with Gasteiger partial charge >= 0.3 is 0 Å². The predicted octanol–water partition coefficient (Wildman–Crippen LogP) is 3.12. The molecule has 0 spiro atoms. The SMILES string of the molecule is CCOc1ccc2oc(CBr)nc2c1. The average molecular weight is 256 g/mol. The Hall–Kier alpha value is -1.03. The fourth-order valence-electron chi connectivity index (χ4n) is 1.27. The molecule has 74 valence electrons. The van der Waals surface area contributed by atoms with Gasteiger partial charge in [0.15, 0.2) is 5.58 Å². The first-order valence-corrected chi connectivity index (χ1v) is 5.54. The van der Waals surface area contributed by atoms with Crippen LogP contribution in [0.2, 0.25) is 0 Å². The second kappa shape index (κ2) is 4.00. The molecule has 0 saturated heterocycles. The van der Waals surface area contributed by atoms with Crippen LogP contribution in [-0.2, 0) is 5.33 Å². The summed E-state index contributed by atoms with van der Waals surface area (Å²) in [5, 5.41) is 0.631. The van der Waals surface area contributed by atoms with Crippen molar-refractivity contribution in [2.45, 2.75) is 12.3 Å². The molecule has 1 aromatic heterocycles. The third-order valence-electron chi connectivity index (χ3n) is 1.83. The number of ether oxygens (including phenoxy) is 1. The van der Waals surface area contributed by atoms with E-state index in [4.69, 9.17) is 9.15 Å². The third kappa shape index (κ3) is 1.75. The lowest BCUT2D eigenvalue weighted by molar-refractivity contribution is 0.340. The molecule has 1 heterocycles. The molecule has 4 heteroatoms. The molecule has 0 aliphatic rings. The smallest absolute Gasteiger partial charge is 0.206 e. The zero-order chi connectivity index (χ0) is 9.97. The maximum absolute atomic E-state index is 5.44. The van der Waals surface area contributed by atoms with Gasteiger partial charge in [-0.1, -0.05) is 15.9 Å². The van der Waals surface area contributed by atoms with Gasteiger partial charge in [-0.3, -0.25) is 0 Å². The van der Waals surface area contributed by atoms with E-state index in [0.717, 1.165) is 16.8 Å². The van der Waals surface area contributed by atoms with Crippen molar-refractivity contribution in [1.82, 2.24) is 4.98 Å². The number of hydrogen-bond acceptors (Lipinski definition) is 3. The fraction of sp³-hybridized carbons (Fsp3) is 0.300. The zero-order valence-corrected chi connectivity index (χ0v) is 9.37. The van der Waals surface area contributed by atoms with E-state index in [2.05, 4.69) is 20.9 Å². The topological polar surface area (TPSA) is 35.3 Å². The molecule has 1 aromatic carbocycles. The van der Waals surface area contributed by atoms with Gasteiger partial charge in [0.2, 0.25) is 5.89 Å². The van der Waals surface area contributed by atoms with Gasteiger partial charge in [0.05, 0.1) is 11.9 Å². The first-order valence-electron chi connectivity index (χ1n) is 4.41. The number of oxazole rings is 1. The second-order valence-corrected chi connectivity index (χ2v) is 3.36. The predicted molar refractivity (Wildman–Crippen MR) is 57.8 cm³/mol. The molecule has 0 radical (unpaired) electrons. The highest BCUT2D eigenvalue weighted by Gasteiger charge is 2.05. The van der Waals surface area contributed by atoms with E-state index in [1.54, 1.807) is 0 Å². The van der Waals surface area contributed by atoms with E-state index in [0.29, 0.717) is 17.8 Å². The third-order valence-corrected chi connectivity index (χ3v) is 2.31. The summed E-state index contributed by atoms with van der Waals surface area (Å²) in [5.74, 6) is 1.52. The molecule has 0 N–H and O–H groups in total. The Bertz CT molecular complexity index is 439. The van der Waals surface area contributed by atoms with Crippen molar-refractivity contribution in [2.75, 3.05) is 6.61 Å². The highest BCUT2D eigenvalue weighted by Crippen LogP contribution is 2.22. The van der Waals surface area contributed by atoms with Gasteiger partial charge in [-0.15, -0.1) is 0 Å². The lowest BCUT2D eigenvalue weighted by Gasteiger charge is -2.00. The summed E-state index contributed by atoms with van der Waals surface area (Å²) >= 11 is 3.30. The van der Waals surface area contributed by atoms with Crippen molar-refractivity contribution in [3.8, 4) is 5.75 Å². The Morgan fingerprint density at radius 3 is 3.07 bits per heavy atom. The zero-order valence-electron chi connectivity index (χ0n) is 7.79. The Kier molecular flexibility index (Phi) is 2.72. The summed E-state index contributed by atoms with van der Waals surface area (Å²) in [7, 11) is 0. The number of alkyl halides is 1. The van der Waals surface area contributed by atoms with E-state index in [-0.39, 0.29) is 0 Å².